The molecule has 0 spiro atoms. The molecule has 0 unspecified atom stereocenters. The molecular weight excluding hydrogens is 352 g/mol. The highest BCUT2D eigenvalue weighted by Crippen LogP contribution is 2.28. The van der Waals surface area contributed by atoms with Crippen LogP contribution >= 0.6 is 11.3 Å². The number of benzene rings is 1. The third kappa shape index (κ3) is 4.98. The van der Waals surface area contributed by atoms with Gasteiger partial charge in [-0.1, -0.05) is 13.0 Å². The fourth-order valence-electron chi connectivity index (χ4n) is 2.29. The lowest BCUT2D eigenvalue weighted by molar-refractivity contribution is -0.130. The van der Waals surface area contributed by atoms with Crippen LogP contribution in [0.3, 0.4) is 0 Å². The number of carbonyl (C=O) groups is 2. The summed E-state index contributed by atoms with van der Waals surface area (Å²) < 4.78 is 10.9. The van der Waals surface area contributed by atoms with Gasteiger partial charge in [0, 0.05) is 20.6 Å². The third-order valence-corrected chi connectivity index (χ3v) is 4.82. The molecule has 0 aliphatic rings. The predicted octanol–water partition coefficient (Wildman–Crippen LogP) is 2.72. The van der Waals surface area contributed by atoms with Crippen LogP contribution in [0, 0.1) is 0 Å². The Morgan fingerprint density at radius 2 is 1.96 bits per heavy atom. The first-order valence-electron chi connectivity index (χ1n) is 8.30. The topological polar surface area (TPSA) is 67.9 Å². The number of ether oxygens (including phenoxy) is 2. The van der Waals surface area contributed by atoms with Gasteiger partial charge in [0.2, 0.25) is 0 Å². The third-order valence-electron chi connectivity index (χ3n) is 3.86. The number of hydrogen-bond donors (Lipinski definition) is 1. The summed E-state index contributed by atoms with van der Waals surface area (Å²) in [7, 11) is 4.88. The minimum atomic E-state index is -0.133. The van der Waals surface area contributed by atoms with E-state index in [1.165, 1.54) is 23.3 Å². The molecule has 0 fully saturated rings. The van der Waals surface area contributed by atoms with Crippen LogP contribution in [0.4, 0.5) is 0 Å². The summed E-state index contributed by atoms with van der Waals surface area (Å²) >= 11 is 1.45. The van der Waals surface area contributed by atoms with Crippen molar-refractivity contribution in [3.8, 4) is 11.5 Å². The maximum atomic E-state index is 12.3. The van der Waals surface area contributed by atoms with Gasteiger partial charge in [0.15, 0.2) is 18.1 Å². The Morgan fingerprint density at radius 1 is 1.19 bits per heavy atom. The fraction of sp³-hybridized carbons (Fsp3) is 0.368. The van der Waals surface area contributed by atoms with Gasteiger partial charge in [0.25, 0.3) is 11.8 Å². The maximum Gasteiger partial charge on any atom is 0.261 e. The molecule has 0 saturated carbocycles. The van der Waals surface area contributed by atoms with E-state index >= 15 is 0 Å². The van der Waals surface area contributed by atoms with E-state index in [0.717, 1.165) is 22.4 Å². The molecule has 0 radical (unpaired) electrons. The van der Waals surface area contributed by atoms with Crippen molar-refractivity contribution in [3.05, 3.63) is 45.6 Å². The number of rotatable bonds is 8. The molecule has 140 valence electrons. The van der Waals surface area contributed by atoms with Crippen LogP contribution in [0.1, 0.15) is 27.7 Å². The van der Waals surface area contributed by atoms with Gasteiger partial charge in [0.1, 0.15) is 0 Å². The molecule has 2 aromatic rings. The Balaban J connectivity index is 2.00. The summed E-state index contributed by atoms with van der Waals surface area (Å²) in [6, 6.07) is 7.36. The molecule has 6 nitrogen and oxygen atoms in total. The van der Waals surface area contributed by atoms with Crippen LogP contribution < -0.4 is 14.8 Å². The Morgan fingerprint density at radius 3 is 2.62 bits per heavy atom. The number of carbonyl (C=O) groups excluding carboxylic acids is 2. The zero-order valence-electron chi connectivity index (χ0n) is 15.5. The second-order valence-corrected chi connectivity index (χ2v) is 6.79. The van der Waals surface area contributed by atoms with E-state index in [1.54, 1.807) is 26.2 Å². The molecule has 7 heteroatoms. The van der Waals surface area contributed by atoms with Crippen molar-refractivity contribution in [2.75, 3.05) is 27.8 Å². The predicted molar refractivity (Wildman–Crippen MR) is 102 cm³/mol. The smallest absolute Gasteiger partial charge is 0.261 e. The second kappa shape index (κ2) is 9.24. The van der Waals surface area contributed by atoms with Crippen molar-refractivity contribution < 1.29 is 19.1 Å². The molecule has 1 aromatic carbocycles. The first-order valence-corrected chi connectivity index (χ1v) is 9.18. The van der Waals surface area contributed by atoms with E-state index in [0.29, 0.717) is 18.0 Å². The van der Waals surface area contributed by atoms with Crippen molar-refractivity contribution in [2.45, 2.75) is 19.9 Å². The number of methoxy groups -OCH3 is 1. The van der Waals surface area contributed by atoms with Gasteiger partial charge in [0.05, 0.1) is 12.0 Å². The zero-order valence-corrected chi connectivity index (χ0v) is 16.3. The molecule has 2 amide bonds. The lowest BCUT2D eigenvalue weighted by Gasteiger charge is -2.14. The number of likely N-dealkylation sites (N-methyl/N-ethyl adjacent to an activating group) is 1. The molecule has 0 atom stereocenters. The summed E-state index contributed by atoms with van der Waals surface area (Å²) in [4.78, 5) is 26.2. The average Bonchev–Trinajstić information content (AvgIpc) is 3.13. The zero-order chi connectivity index (χ0) is 19.1. The summed E-state index contributed by atoms with van der Waals surface area (Å²) in [6.45, 7) is 2.36. The summed E-state index contributed by atoms with van der Waals surface area (Å²) in [6.07, 6.45) is 0.831. The SMILES string of the molecule is CCc1ccsc1C(=O)NCc1ccc(OCC(=O)N(C)C)c(OC)c1. The van der Waals surface area contributed by atoms with E-state index in [4.69, 9.17) is 9.47 Å². The highest BCUT2D eigenvalue weighted by atomic mass is 32.1. The molecule has 0 aliphatic carbocycles. The van der Waals surface area contributed by atoms with Crippen LogP contribution in [0.25, 0.3) is 0 Å². The highest BCUT2D eigenvalue weighted by molar-refractivity contribution is 7.12. The lowest BCUT2D eigenvalue weighted by atomic mass is 10.2. The number of nitrogens with zero attached hydrogens (tertiary/aromatic N) is 1. The van der Waals surface area contributed by atoms with E-state index in [2.05, 4.69) is 5.32 Å². The van der Waals surface area contributed by atoms with Crippen molar-refractivity contribution in [1.82, 2.24) is 10.2 Å². The van der Waals surface area contributed by atoms with Crippen molar-refractivity contribution >= 4 is 23.2 Å². The molecule has 1 aromatic heterocycles. The van der Waals surface area contributed by atoms with Gasteiger partial charge in [-0.15, -0.1) is 11.3 Å². The number of aryl methyl sites for hydroxylation is 1. The van der Waals surface area contributed by atoms with Gasteiger partial charge in [-0.3, -0.25) is 9.59 Å². The van der Waals surface area contributed by atoms with Crippen LogP contribution in [0.5, 0.6) is 11.5 Å². The molecule has 1 N–H and O–H groups in total. The molecule has 1 heterocycles. The van der Waals surface area contributed by atoms with Gasteiger partial charge < -0.3 is 19.7 Å². The first-order chi connectivity index (χ1) is 12.5. The summed E-state index contributed by atoms with van der Waals surface area (Å²) in [5.74, 6) is 0.803. The Kier molecular flexibility index (Phi) is 7.03. The van der Waals surface area contributed by atoms with Gasteiger partial charge in [-0.2, -0.15) is 0 Å². The van der Waals surface area contributed by atoms with E-state index in [1.807, 2.05) is 24.4 Å². The highest BCUT2D eigenvalue weighted by Gasteiger charge is 2.13. The Bertz CT molecular complexity index is 771. The molecule has 26 heavy (non-hydrogen) atoms. The van der Waals surface area contributed by atoms with Gasteiger partial charge >= 0.3 is 0 Å². The molecule has 0 aliphatic heterocycles. The monoisotopic (exact) mass is 376 g/mol. The van der Waals surface area contributed by atoms with Crippen molar-refractivity contribution in [1.29, 1.82) is 0 Å². The minimum Gasteiger partial charge on any atom is -0.493 e. The van der Waals surface area contributed by atoms with E-state index < -0.39 is 0 Å². The fourth-order valence-corrected chi connectivity index (χ4v) is 3.20. The summed E-state index contributed by atoms with van der Waals surface area (Å²) in [5.41, 5.74) is 1.94. The van der Waals surface area contributed by atoms with Crippen LogP contribution in [-0.4, -0.2) is 44.5 Å². The van der Waals surface area contributed by atoms with Crippen LogP contribution in [0.15, 0.2) is 29.6 Å². The van der Waals surface area contributed by atoms with Gasteiger partial charge in [-0.25, -0.2) is 0 Å². The number of hydrogen-bond acceptors (Lipinski definition) is 5. The first kappa shape index (κ1) is 19.8. The molecule has 0 bridgehead atoms. The number of thiophene rings is 1. The summed E-state index contributed by atoms with van der Waals surface area (Å²) in [5, 5.41) is 4.85. The normalized spacial score (nSPS) is 10.3. The Labute approximate surface area is 157 Å². The minimum absolute atomic E-state index is 0.0579. The van der Waals surface area contributed by atoms with E-state index in [-0.39, 0.29) is 18.4 Å². The van der Waals surface area contributed by atoms with Crippen LogP contribution in [0.2, 0.25) is 0 Å². The number of amides is 2. The maximum absolute atomic E-state index is 12.3. The molecule has 0 saturated heterocycles. The standard InChI is InChI=1S/C19H24N2O4S/c1-5-14-8-9-26-18(14)19(23)20-11-13-6-7-15(16(10-13)24-4)25-12-17(22)21(2)3/h6-10H,5,11-12H2,1-4H3,(H,20,23). The molecular formula is C19H24N2O4S. The van der Waals surface area contributed by atoms with Crippen molar-refractivity contribution in [3.63, 3.8) is 0 Å². The average molecular weight is 376 g/mol. The number of nitrogens with one attached hydrogen (secondary N) is 1. The quantitative estimate of drug-likeness (QED) is 0.769. The second-order valence-electron chi connectivity index (χ2n) is 5.87. The largest absolute Gasteiger partial charge is 0.493 e. The molecule has 2 rings (SSSR count). The lowest BCUT2D eigenvalue weighted by Crippen LogP contribution is -2.27. The Hall–Kier alpha value is -2.54. The van der Waals surface area contributed by atoms with E-state index in [9.17, 15) is 9.59 Å². The van der Waals surface area contributed by atoms with Gasteiger partial charge in [-0.05, 0) is 41.1 Å². The van der Waals surface area contributed by atoms with Crippen molar-refractivity contribution in [2.24, 2.45) is 0 Å². The van der Waals surface area contributed by atoms with Crippen LogP contribution in [-0.2, 0) is 17.8 Å².